The molecule has 0 bridgehead atoms. The standard InChI is InChI=1S/C21H29N5O4S/c1-13(2)26(14(3)4)9-8-22-20(29)17-11-31-21(24-17)25-19(28)16-7-6-15(23-12-27)10-18(16)30-5/h6-7,10-14H,8-9H2,1-5H3,(H,22,29)(H,23,27)(H,24,25,28). The van der Waals surface area contributed by atoms with Gasteiger partial charge in [0.25, 0.3) is 11.8 Å². The molecule has 0 radical (unpaired) electrons. The fourth-order valence-corrected chi connectivity index (χ4v) is 3.82. The fourth-order valence-electron chi connectivity index (χ4n) is 3.14. The van der Waals surface area contributed by atoms with Crippen LogP contribution in [0.2, 0.25) is 0 Å². The molecule has 0 saturated heterocycles. The number of hydrogen-bond donors (Lipinski definition) is 3. The van der Waals surface area contributed by atoms with Crippen LogP contribution in [0.25, 0.3) is 0 Å². The summed E-state index contributed by atoms with van der Waals surface area (Å²) in [6.45, 7) is 9.74. The van der Waals surface area contributed by atoms with Gasteiger partial charge in [0.15, 0.2) is 5.13 Å². The van der Waals surface area contributed by atoms with Gasteiger partial charge in [-0.3, -0.25) is 24.6 Å². The molecule has 0 atom stereocenters. The van der Waals surface area contributed by atoms with E-state index in [1.54, 1.807) is 17.5 Å². The van der Waals surface area contributed by atoms with Gasteiger partial charge in [0.1, 0.15) is 11.4 Å². The lowest BCUT2D eigenvalue weighted by Gasteiger charge is -2.30. The molecule has 0 aliphatic heterocycles. The van der Waals surface area contributed by atoms with Crippen molar-refractivity contribution in [3.05, 3.63) is 34.8 Å². The van der Waals surface area contributed by atoms with Crippen molar-refractivity contribution in [1.29, 1.82) is 0 Å². The fraction of sp³-hybridized carbons (Fsp3) is 0.429. The molecule has 0 saturated carbocycles. The zero-order valence-corrected chi connectivity index (χ0v) is 19.2. The van der Waals surface area contributed by atoms with Crippen LogP contribution < -0.4 is 20.7 Å². The van der Waals surface area contributed by atoms with Crippen LogP contribution in [0.15, 0.2) is 23.6 Å². The maximum Gasteiger partial charge on any atom is 0.270 e. The SMILES string of the molecule is COc1cc(NC=O)ccc1C(=O)Nc1nc(C(=O)NCCN(C(C)C)C(C)C)cs1. The van der Waals surface area contributed by atoms with Crippen LogP contribution in [0, 0.1) is 0 Å². The van der Waals surface area contributed by atoms with E-state index in [1.807, 2.05) is 0 Å². The summed E-state index contributed by atoms with van der Waals surface area (Å²) in [5, 5.41) is 9.95. The normalized spacial score (nSPS) is 11.0. The second kappa shape index (κ2) is 11.4. The van der Waals surface area contributed by atoms with Crippen molar-refractivity contribution in [3.63, 3.8) is 0 Å². The van der Waals surface area contributed by atoms with Crippen molar-refractivity contribution >= 4 is 40.4 Å². The molecular weight excluding hydrogens is 418 g/mol. The predicted octanol–water partition coefficient (Wildman–Crippen LogP) is 2.82. The number of hydrogen-bond acceptors (Lipinski definition) is 7. The average molecular weight is 448 g/mol. The Hall–Kier alpha value is -2.98. The largest absolute Gasteiger partial charge is 0.496 e. The highest BCUT2D eigenvalue weighted by atomic mass is 32.1. The number of nitrogens with one attached hydrogen (secondary N) is 3. The molecule has 0 spiro atoms. The van der Waals surface area contributed by atoms with Gasteiger partial charge in [0.2, 0.25) is 6.41 Å². The minimum atomic E-state index is -0.430. The smallest absolute Gasteiger partial charge is 0.270 e. The summed E-state index contributed by atoms with van der Waals surface area (Å²) in [5.41, 5.74) is 1.03. The lowest BCUT2D eigenvalue weighted by molar-refractivity contribution is -0.105. The lowest BCUT2D eigenvalue weighted by Crippen LogP contribution is -2.42. The molecule has 3 amide bonds. The monoisotopic (exact) mass is 447 g/mol. The Morgan fingerprint density at radius 1 is 1.19 bits per heavy atom. The molecule has 2 rings (SSSR count). The van der Waals surface area contributed by atoms with Gasteiger partial charge in [0, 0.05) is 42.3 Å². The first kappa shape index (κ1) is 24.3. The zero-order chi connectivity index (χ0) is 23.0. The molecule has 3 N–H and O–H groups in total. The molecule has 168 valence electrons. The summed E-state index contributed by atoms with van der Waals surface area (Å²) in [6.07, 6.45) is 0.542. The highest BCUT2D eigenvalue weighted by molar-refractivity contribution is 7.14. The number of thiazole rings is 1. The molecule has 0 aliphatic carbocycles. The Morgan fingerprint density at radius 2 is 1.90 bits per heavy atom. The number of ether oxygens (including phenoxy) is 1. The second-order valence-electron chi connectivity index (χ2n) is 7.35. The van der Waals surface area contributed by atoms with Gasteiger partial charge in [-0.2, -0.15) is 0 Å². The summed E-state index contributed by atoms with van der Waals surface area (Å²) < 4.78 is 5.23. The molecule has 31 heavy (non-hydrogen) atoms. The van der Waals surface area contributed by atoms with Crippen LogP contribution in [-0.2, 0) is 4.79 Å². The number of rotatable bonds is 11. The number of methoxy groups -OCH3 is 1. The Labute approximate surface area is 186 Å². The summed E-state index contributed by atoms with van der Waals surface area (Å²) in [4.78, 5) is 42.0. The van der Waals surface area contributed by atoms with Crippen molar-refractivity contribution in [2.75, 3.05) is 30.8 Å². The number of aromatic nitrogens is 1. The molecule has 0 fully saturated rings. The topological polar surface area (TPSA) is 113 Å². The van der Waals surface area contributed by atoms with Gasteiger partial charge >= 0.3 is 0 Å². The predicted molar refractivity (Wildman–Crippen MR) is 122 cm³/mol. The average Bonchev–Trinajstić information content (AvgIpc) is 3.19. The van der Waals surface area contributed by atoms with Gasteiger partial charge in [-0.05, 0) is 39.8 Å². The van der Waals surface area contributed by atoms with Gasteiger partial charge < -0.3 is 15.4 Å². The van der Waals surface area contributed by atoms with Crippen molar-refractivity contribution < 1.29 is 19.1 Å². The van der Waals surface area contributed by atoms with Crippen LogP contribution in [0.1, 0.15) is 48.5 Å². The first-order chi connectivity index (χ1) is 14.8. The van der Waals surface area contributed by atoms with E-state index in [9.17, 15) is 14.4 Å². The Balaban J connectivity index is 1.97. The molecule has 1 aromatic heterocycles. The summed E-state index contributed by atoms with van der Waals surface area (Å²) >= 11 is 1.16. The van der Waals surface area contributed by atoms with E-state index in [2.05, 4.69) is 53.5 Å². The molecular formula is C21H29N5O4S. The minimum absolute atomic E-state index is 0.249. The molecule has 9 nitrogen and oxygen atoms in total. The third-order valence-corrected chi connectivity index (χ3v) is 5.37. The quantitative estimate of drug-likeness (QED) is 0.457. The summed E-state index contributed by atoms with van der Waals surface area (Å²) in [6, 6.07) is 5.44. The van der Waals surface area contributed by atoms with Crippen LogP contribution >= 0.6 is 11.3 Å². The molecule has 1 aromatic carbocycles. The third kappa shape index (κ3) is 6.76. The van der Waals surface area contributed by atoms with E-state index in [-0.39, 0.29) is 17.2 Å². The van der Waals surface area contributed by atoms with Gasteiger partial charge in [0.05, 0.1) is 12.7 Å². The number of carbonyl (C=O) groups excluding carboxylic acids is 3. The van der Waals surface area contributed by atoms with Crippen LogP contribution in [-0.4, -0.2) is 60.4 Å². The molecule has 10 heteroatoms. The highest BCUT2D eigenvalue weighted by Crippen LogP contribution is 2.25. The first-order valence-electron chi connectivity index (χ1n) is 9.95. The molecule has 0 unspecified atom stereocenters. The van der Waals surface area contributed by atoms with Crippen molar-refractivity contribution in [3.8, 4) is 5.75 Å². The third-order valence-electron chi connectivity index (χ3n) is 4.61. The van der Waals surface area contributed by atoms with Crippen molar-refractivity contribution in [2.24, 2.45) is 0 Å². The van der Waals surface area contributed by atoms with E-state index in [0.717, 1.165) is 17.9 Å². The number of nitrogens with zero attached hydrogens (tertiary/aromatic N) is 2. The molecule has 0 aliphatic rings. The van der Waals surface area contributed by atoms with E-state index >= 15 is 0 Å². The maximum absolute atomic E-state index is 12.6. The summed E-state index contributed by atoms with van der Waals surface area (Å²) in [5.74, 6) is -0.412. The Kier molecular flexibility index (Phi) is 8.95. The Bertz CT molecular complexity index is 905. The van der Waals surface area contributed by atoms with Gasteiger partial charge in [-0.15, -0.1) is 11.3 Å². The number of benzene rings is 1. The van der Waals surface area contributed by atoms with Crippen LogP contribution in [0.3, 0.4) is 0 Å². The highest BCUT2D eigenvalue weighted by Gasteiger charge is 2.17. The second-order valence-corrected chi connectivity index (χ2v) is 8.21. The molecule has 1 heterocycles. The summed E-state index contributed by atoms with van der Waals surface area (Å²) in [7, 11) is 1.43. The van der Waals surface area contributed by atoms with Gasteiger partial charge in [-0.25, -0.2) is 4.98 Å². The Morgan fingerprint density at radius 3 is 2.52 bits per heavy atom. The number of anilines is 2. The van der Waals surface area contributed by atoms with E-state index in [1.165, 1.54) is 13.2 Å². The van der Waals surface area contributed by atoms with Crippen molar-refractivity contribution in [2.45, 2.75) is 39.8 Å². The maximum atomic E-state index is 12.6. The number of amides is 3. The zero-order valence-electron chi connectivity index (χ0n) is 18.4. The molecule has 2 aromatic rings. The minimum Gasteiger partial charge on any atom is -0.496 e. The van der Waals surface area contributed by atoms with E-state index < -0.39 is 5.91 Å². The van der Waals surface area contributed by atoms with E-state index in [0.29, 0.717) is 41.6 Å². The van der Waals surface area contributed by atoms with E-state index in [4.69, 9.17) is 4.74 Å². The van der Waals surface area contributed by atoms with Crippen LogP contribution in [0.5, 0.6) is 5.75 Å². The first-order valence-corrected chi connectivity index (χ1v) is 10.8. The van der Waals surface area contributed by atoms with Crippen molar-refractivity contribution in [1.82, 2.24) is 15.2 Å². The van der Waals surface area contributed by atoms with Gasteiger partial charge in [-0.1, -0.05) is 0 Å². The number of carbonyl (C=O) groups is 3. The lowest BCUT2D eigenvalue weighted by atomic mass is 10.1. The van der Waals surface area contributed by atoms with Crippen LogP contribution in [0.4, 0.5) is 10.8 Å².